The van der Waals surface area contributed by atoms with Crippen molar-refractivity contribution < 1.29 is 8.22 Å². The first-order chi connectivity index (χ1) is 15.3. The van der Waals surface area contributed by atoms with Crippen molar-refractivity contribution in [1.82, 2.24) is 19.9 Å². The van der Waals surface area contributed by atoms with Gasteiger partial charge in [0.15, 0.2) is 0 Å². The van der Waals surface area contributed by atoms with Crippen molar-refractivity contribution in [2.75, 3.05) is 13.1 Å². The molecule has 1 aliphatic carbocycles. The zero-order valence-corrected chi connectivity index (χ0v) is 14.7. The third-order valence-electron chi connectivity index (χ3n) is 4.90. The molecular weight excluding hydrogens is 322 g/mol. The summed E-state index contributed by atoms with van der Waals surface area (Å²) in [6, 6.07) is 1.30. The number of nitrogens with two attached hydrogens (primary N) is 1. The van der Waals surface area contributed by atoms with Gasteiger partial charge in [0.25, 0.3) is 0 Å². The highest BCUT2D eigenvalue weighted by Crippen LogP contribution is 2.33. The first-order valence-electron chi connectivity index (χ1n) is 12.2. The van der Waals surface area contributed by atoms with Crippen LogP contribution in [0.25, 0.3) is 11.0 Å². The highest BCUT2D eigenvalue weighted by molar-refractivity contribution is 5.74. The van der Waals surface area contributed by atoms with Gasteiger partial charge in [0.1, 0.15) is 5.82 Å². The van der Waals surface area contributed by atoms with E-state index in [9.17, 15) is 0 Å². The lowest BCUT2D eigenvalue weighted by Gasteiger charge is -2.34. The van der Waals surface area contributed by atoms with Crippen LogP contribution in [0.4, 0.5) is 0 Å². The fourth-order valence-electron chi connectivity index (χ4n) is 3.66. The van der Waals surface area contributed by atoms with Crippen molar-refractivity contribution in [3.63, 3.8) is 0 Å². The zero-order chi connectivity index (χ0) is 23.0. The van der Waals surface area contributed by atoms with Crippen LogP contribution in [0.3, 0.4) is 0 Å². The molecule has 3 aromatic rings. The number of H-pyrrole nitrogens is 1. The van der Waals surface area contributed by atoms with E-state index in [1.807, 2.05) is 0 Å². The number of hydrogen-bond acceptors (Lipinski definition) is 4. The summed E-state index contributed by atoms with van der Waals surface area (Å²) in [6.45, 7) is 1.72. The Hall–Kier alpha value is -2.24. The van der Waals surface area contributed by atoms with E-state index in [-0.39, 0.29) is 42.4 Å². The van der Waals surface area contributed by atoms with E-state index in [4.69, 9.17) is 14.0 Å². The van der Waals surface area contributed by atoms with E-state index in [0.717, 1.165) is 31.2 Å². The van der Waals surface area contributed by atoms with E-state index < -0.39 is 0 Å². The van der Waals surface area contributed by atoms with Crippen LogP contribution in [0.1, 0.15) is 57.0 Å². The van der Waals surface area contributed by atoms with E-state index in [1.54, 1.807) is 0 Å². The lowest BCUT2D eigenvalue weighted by molar-refractivity contribution is 0.159. The summed E-state index contributed by atoms with van der Waals surface area (Å²) in [4.78, 5) is 14.3. The molecule has 0 aliphatic heterocycles. The molecule has 1 aromatic carbocycles. The van der Waals surface area contributed by atoms with E-state index >= 15 is 0 Å². The number of aromatic nitrogens is 3. The second kappa shape index (κ2) is 7.98. The first-order valence-corrected chi connectivity index (χ1v) is 9.17. The number of hydrogen-bond donors (Lipinski definition) is 2. The van der Waals surface area contributed by atoms with Gasteiger partial charge in [-0.2, -0.15) is 0 Å². The van der Waals surface area contributed by atoms with Gasteiger partial charge in [0, 0.05) is 6.17 Å². The fraction of sp³-hybridized carbons (Fsp3) is 0.429. The number of benzene rings is 1. The smallest absolute Gasteiger partial charge is 0.121 e. The molecule has 0 spiro atoms. The monoisotopic (exact) mass is 355 g/mol. The van der Waals surface area contributed by atoms with Crippen LogP contribution < -0.4 is 5.73 Å². The molecule has 3 N–H and O–H groups in total. The summed E-state index contributed by atoms with van der Waals surface area (Å²) in [5.74, 6) is 0.599. The minimum atomic E-state index is -0.174. The molecule has 0 saturated heterocycles. The van der Waals surface area contributed by atoms with Crippen LogP contribution in [0, 0.1) is 0 Å². The molecule has 0 radical (unpaired) electrons. The Labute approximate surface area is 163 Å². The minimum Gasteiger partial charge on any atom is -0.341 e. The lowest BCUT2D eigenvalue weighted by atomic mass is 9.90. The second-order valence-corrected chi connectivity index (χ2v) is 6.68. The molecule has 0 bridgehead atoms. The van der Waals surface area contributed by atoms with Crippen LogP contribution in [-0.4, -0.2) is 32.9 Å². The van der Waals surface area contributed by atoms with Gasteiger partial charge in [-0.3, -0.25) is 9.88 Å². The predicted octanol–water partition coefficient (Wildman–Crippen LogP) is 3.58. The fourth-order valence-corrected chi connectivity index (χ4v) is 3.66. The van der Waals surface area contributed by atoms with Gasteiger partial charge >= 0.3 is 0 Å². The van der Waals surface area contributed by atoms with Crippen molar-refractivity contribution in [3.05, 3.63) is 59.5 Å². The molecule has 1 aliphatic rings. The van der Waals surface area contributed by atoms with Crippen LogP contribution in [0.15, 0.2) is 42.5 Å². The Morgan fingerprint density at radius 2 is 2.23 bits per heavy atom. The average Bonchev–Trinajstić information content (AvgIpc) is 3.20. The molecule has 2 heterocycles. The summed E-state index contributed by atoms with van der Waals surface area (Å²) >= 11 is 0. The summed E-state index contributed by atoms with van der Waals surface area (Å²) < 4.78 is 48.4. The molecule has 26 heavy (non-hydrogen) atoms. The lowest BCUT2D eigenvalue weighted by Crippen LogP contribution is -2.33. The summed E-state index contributed by atoms with van der Waals surface area (Å²) in [5, 5.41) is 0. The van der Waals surface area contributed by atoms with E-state index in [1.165, 1.54) is 6.07 Å². The van der Waals surface area contributed by atoms with Gasteiger partial charge in [-0.25, -0.2) is 4.98 Å². The van der Waals surface area contributed by atoms with Gasteiger partial charge in [0.05, 0.1) is 37.5 Å². The number of unbranched alkanes of at least 4 members (excludes halogenated alkanes) is 1. The molecule has 5 heteroatoms. The molecule has 0 amide bonds. The zero-order valence-electron chi connectivity index (χ0n) is 20.7. The second-order valence-electron chi connectivity index (χ2n) is 6.68. The summed E-state index contributed by atoms with van der Waals surface area (Å²) in [5.41, 5.74) is 7.91. The van der Waals surface area contributed by atoms with Crippen molar-refractivity contribution in [2.24, 2.45) is 5.73 Å². The van der Waals surface area contributed by atoms with Gasteiger partial charge in [-0.1, -0.05) is 18.2 Å². The highest BCUT2D eigenvalue weighted by atomic mass is 15.2. The number of rotatable bonds is 7. The van der Waals surface area contributed by atoms with Crippen LogP contribution in [0.5, 0.6) is 0 Å². The Bertz CT molecular complexity index is 1150. The van der Waals surface area contributed by atoms with Crippen molar-refractivity contribution in [3.8, 4) is 0 Å². The molecule has 2 aromatic heterocycles. The maximum atomic E-state index is 8.31. The predicted molar refractivity (Wildman–Crippen MR) is 105 cm³/mol. The molecule has 5 nitrogen and oxygen atoms in total. The third-order valence-corrected chi connectivity index (χ3v) is 4.90. The Morgan fingerprint density at radius 1 is 1.27 bits per heavy atom. The number of aromatic amines is 1. The molecule has 0 saturated carbocycles. The molecule has 4 rings (SSSR count). The largest absolute Gasteiger partial charge is 0.341 e. The van der Waals surface area contributed by atoms with E-state index in [0.29, 0.717) is 48.6 Å². The molecule has 0 unspecified atom stereocenters. The number of para-hydroxylation sites is 2. The number of nitrogens with zero attached hydrogens (tertiary/aromatic N) is 3. The number of pyridine rings is 1. The third kappa shape index (κ3) is 3.64. The summed E-state index contributed by atoms with van der Waals surface area (Å²) in [7, 11) is 0. The number of imidazole rings is 1. The quantitative estimate of drug-likeness (QED) is 0.636. The normalized spacial score (nSPS) is 20.2. The average molecular weight is 356 g/mol. The van der Waals surface area contributed by atoms with Crippen LogP contribution in [-0.2, 0) is 13.0 Å². The van der Waals surface area contributed by atoms with Crippen molar-refractivity contribution in [2.45, 2.75) is 44.7 Å². The number of nitrogens with one attached hydrogen (secondary N) is 1. The van der Waals surface area contributed by atoms with Crippen molar-refractivity contribution in [1.29, 1.82) is 0 Å². The topological polar surface area (TPSA) is 70.8 Å². The molecule has 1 atom stereocenters. The summed E-state index contributed by atoms with van der Waals surface area (Å²) in [6.07, 6.45) is 3.92. The van der Waals surface area contributed by atoms with Crippen LogP contribution >= 0.6 is 0 Å². The molecule has 136 valence electrons. The van der Waals surface area contributed by atoms with Gasteiger partial charge in [-0.05, 0) is 68.9 Å². The SMILES string of the molecule is [2H]c1cc([2H])c2[nH]c(CN(CCCCN)[C@H]3CCCc4c3nc([2H])c([2H])c4[2H])nc2c1[2H]. The maximum Gasteiger partial charge on any atom is 0.121 e. The standard InChI is InChI=1S/C21H27N5/c22-12-3-4-14-26(15-20-24-17-9-1-2-10-18(17)25-20)19-11-5-7-16-8-6-13-23-21(16)19/h1-2,6,8-10,13,19H,3-5,7,11-12,14-15,22H2,(H,24,25)/t19-/m0/s1/i1D,6D,8D,9D,10D,13D. The Balaban J connectivity index is 1.71. The molecular formula is C21H27N5. The Morgan fingerprint density at radius 3 is 3.15 bits per heavy atom. The van der Waals surface area contributed by atoms with Crippen molar-refractivity contribution >= 4 is 11.0 Å². The van der Waals surface area contributed by atoms with Gasteiger partial charge in [-0.15, -0.1) is 0 Å². The van der Waals surface area contributed by atoms with Gasteiger partial charge in [0.2, 0.25) is 0 Å². The van der Waals surface area contributed by atoms with E-state index in [2.05, 4.69) is 19.9 Å². The van der Waals surface area contributed by atoms with Gasteiger partial charge < -0.3 is 10.7 Å². The molecule has 0 fully saturated rings. The first kappa shape index (κ1) is 11.5. The van der Waals surface area contributed by atoms with Crippen LogP contribution in [0.2, 0.25) is 0 Å². The highest BCUT2D eigenvalue weighted by Gasteiger charge is 2.27. The maximum absolute atomic E-state index is 8.31. The Kier molecular flexibility index (Phi) is 3.52. The minimum absolute atomic E-state index is 0.00136. The number of fused-ring (bicyclic) bond motifs is 2.